The Bertz CT molecular complexity index is 623. The van der Waals surface area contributed by atoms with Crippen LogP contribution >= 0.6 is 12.4 Å². The fourth-order valence-corrected chi connectivity index (χ4v) is 4.09. The number of hydrogen-bond acceptors (Lipinski definition) is 3. The number of carbonyl (C=O) groups excluding carboxylic acids is 2. The molecule has 0 aliphatic heterocycles. The van der Waals surface area contributed by atoms with Crippen LogP contribution in [0.4, 0.5) is 5.69 Å². The Labute approximate surface area is 161 Å². The van der Waals surface area contributed by atoms with Gasteiger partial charge < -0.3 is 16.4 Å². The summed E-state index contributed by atoms with van der Waals surface area (Å²) in [6, 6.07) is 7.20. The van der Waals surface area contributed by atoms with Gasteiger partial charge in [0.1, 0.15) is 0 Å². The van der Waals surface area contributed by atoms with Gasteiger partial charge in [-0.2, -0.15) is 0 Å². The van der Waals surface area contributed by atoms with E-state index in [-0.39, 0.29) is 35.7 Å². The summed E-state index contributed by atoms with van der Waals surface area (Å²) in [6.07, 6.45) is 9.49. The molecule has 3 rings (SSSR count). The van der Waals surface area contributed by atoms with Gasteiger partial charge in [-0.1, -0.05) is 38.2 Å². The number of anilines is 1. The Hall–Kier alpha value is -1.59. The Morgan fingerprint density at radius 2 is 1.77 bits per heavy atom. The molecule has 2 aliphatic carbocycles. The number of halogens is 1. The number of nitrogens with one attached hydrogen (secondary N) is 2. The Kier molecular flexibility index (Phi) is 7.47. The van der Waals surface area contributed by atoms with Crippen molar-refractivity contribution in [3.05, 3.63) is 29.8 Å². The maximum Gasteiger partial charge on any atom is 0.251 e. The summed E-state index contributed by atoms with van der Waals surface area (Å²) >= 11 is 0. The molecule has 0 saturated heterocycles. The lowest BCUT2D eigenvalue weighted by Crippen LogP contribution is -2.51. The van der Waals surface area contributed by atoms with E-state index in [1.54, 1.807) is 12.1 Å². The molecule has 6 heteroatoms. The lowest BCUT2D eigenvalue weighted by atomic mass is 9.88. The minimum Gasteiger partial charge on any atom is -0.345 e. The van der Waals surface area contributed by atoms with Crippen molar-refractivity contribution in [3.8, 4) is 0 Å². The third-order valence-electron chi connectivity index (χ3n) is 5.70. The summed E-state index contributed by atoms with van der Waals surface area (Å²) in [5.41, 5.74) is 6.90. The van der Waals surface area contributed by atoms with Gasteiger partial charge in [0.25, 0.3) is 5.91 Å². The quantitative estimate of drug-likeness (QED) is 0.730. The van der Waals surface area contributed by atoms with Crippen LogP contribution in [0.15, 0.2) is 24.3 Å². The predicted molar refractivity (Wildman–Crippen MR) is 107 cm³/mol. The second-order valence-corrected chi connectivity index (χ2v) is 7.55. The van der Waals surface area contributed by atoms with Gasteiger partial charge in [-0.05, 0) is 43.9 Å². The van der Waals surface area contributed by atoms with Crippen molar-refractivity contribution in [1.29, 1.82) is 0 Å². The first-order valence-corrected chi connectivity index (χ1v) is 9.55. The van der Waals surface area contributed by atoms with Gasteiger partial charge in [0.05, 0.1) is 5.54 Å². The smallest absolute Gasteiger partial charge is 0.251 e. The number of amides is 2. The molecule has 0 heterocycles. The number of hydrogen-bond donors (Lipinski definition) is 3. The number of nitrogens with two attached hydrogens (primary N) is 1. The van der Waals surface area contributed by atoms with Crippen LogP contribution in [-0.4, -0.2) is 23.9 Å². The summed E-state index contributed by atoms with van der Waals surface area (Å²) in [6.45, 7) is 0.469. The van der Waals surface area contributed by atoms with E-state index in [9.17, 15) is 9.59 Å². The molecule has 0 spiro atoms. The first kappa shape index (κ1) is 20.7. The van der Waals surface area contributed by atoms with E-state index in [1.165, 1.54) is 6.42 Å². The van der Waals surface area contributed by atoms with E-state index in [0.29, 0.717) is 17.8 Å². The summed E-state index contributed by atoms with van der Waals surface area (Å²) in [4.78, 5) is 25.0. The van der Waals surface area contributed by atoms with Crippen LogP contribution < -0.4 is 16.4 Å². The van der Waals surface area contributed by atoms with Gasteiger partial charge in [-0.15, -0.1) is 12.4 Å². The van der Waals surface area contributed by atoms with Gasteiger partial charge in [0.2, 0.25) is 5.91 Å². The second kappa shape index (κ2) is 9.38. The molecule has 0 radical (unpaired) electrons. The molecule has 1 aromatic rings. The van der Waals surface area contributed by atoms with Crippen LogP contribution in [0.1, 0.15) is 68.1 Å². The molecule has 2 amide bonds. The van der Waals surface area contributed by atoms with Crippen molar-refractivity contribution >= 4 is 29.9 Å². The molecule has 2 saturated carbocycles. The standard InChI is InChI=1S/C20H29N3O2.ClH/c21-14-20(11-4-5-12-20)23-19(25)16-9-6-10-17(13-16)22-18(24)15-7-2-1-3-8-15;/h6,9-10,13,15H,1-5,7-8,11-12,14,21H2,(H,22,24)(H,23,25);1H. The highest BCUT2D eigenvalue weighted by Crippen LogP contribution is 2.29. The van der Waals surface area contributed by atoms with Crippen molar-refractivity contribution in [1.82, 2.24) is 5.32 Å². The normalized spacial score (nSPS) is 19.4. The summed E-state index contributed by atoms with van der Waals surface area (Å²) in [5.74, 6) is 0.0674. The van der Waals surface area contributed by atoms with Crippen molar-refractivity contribution in [2.45, 2.75) is 63.3 Å². The molecule has 0 atom stereocenters. The molecule has 2 aliphatic rings. The van der Waals surface area contributed by atoms with Crippen molar-refractivity contribution in [2.24, 2.45) is 11.7 Å². The molecule has 0 bridgehead atoms. The van der Waals surface area contributed by atoms with E-state index in [1.807, 2.05) is 12.1 Å². The van der Waals surface area contributed by atoms with Crippen LogP contribution in [-0.2, 0) is 4.79 Å². The zero-order valence-electron chi connectivity index (χ0n) is 15.3. The highest BCUT2D eigenvalue weighted by atomic mass is 35.5. The SMILES string of the molecule is Cl.NCC1(NC(=O)c2cccc(NC(=O)C3CCCCC3)c2)CCCC1. The fraction of sp³-hybridized carbons (Fsp3) is 0.600. The number of carbonyl (C=O) groups is 2. The summed E-state index contributed by atoms with van der Waals surface area (Å²) < 4.78 is 0. The van der Waals surface area contributed by atoms with Crippen LogP contribution in [0.25, 0.3) is 0 Å². The maximum atomic E-state index is 12.6. The third kappa shape index (κ3) is 4.98. The number of benzene rings is 1. The zero-order valence-corrected chi connectivity index (χ0v) is 16.1. The molecule has 0 unspecified atom stereocenters. The maximum absolute atomic E-state index is 12.6. The molecule has 2 fully saturated rings. The predicted octanol–water partition coefficient (Wildman–Crippen LogP) is 3.63. The van der Waals surface area contributed by atoms with Gasteiger partial charge in [0, 0.05) is 23.7 Å². The molecule has 144 valence electrons. The van der Waals surface area contributed by atoms with Gasteiger partial charge in [-0.25, -0.2) is 0 Å². The average Bonchev–Trinajstić information content (AvgIpc) is 3.11. The molecule has 1 aromatic carbocycles. The Morgan fingerprint density at radius 1 is 1.08 bits per heavy atom. The molecular formula is C20H30ClN3O2. The minimum atomic E-state index is -0.265. The average molecular weight is 380 g/mol. The third-order valence-corrected chi connectivity index (χ3v) is 5.70. The highest BCUT2D eigenvalue weighted by molar-refractivity contribution is 5.98. The van der Waals surface area contributed by atoms with E-state index in [0.717, 1.165) is 51.4 Å². The van der Waals surface area contributed by atoms with Crippen LogP contribution in [0.5, 0.6) is 0 Å². The van der Waals surface area contributed by atoms with Gasteiger partial charge in [0.15, 0.2) is 0 Å². The van der Waals surface area contributed by atoms with Crippen molar-refractivity contribution in [2.75, 3.05) is 11.9 Å². The molecule has 4 N–H and O–H groups in total. The first-order valence-electron chi connectivity index (χ1n) is 9.55. The Balaban J connectivity index is 0.00000243. The molecular weight excluding hydrogens is 350 g/mol. The van der Waals surface area contributed by atoms with Gasteiger partial charge >= 0.3 is 0 Å². The van der Waals surface area contributed by atoms with E-state index >= 15 is 0 Å². The van der Waals surface area contributed by atoms with E-state index in [4.69, 9.17) is 5.73 Å². The second-order valence-electron chi connectivity index (χ2n) is 7.55. The van der Waals surface area contributed by atoms with Gasteiger partial charge in [-0.3, -0.25) is 9.59 Å². The molecule has 5 nitrogen and oxygen atoms in total. The minimum absolute atomic E-state index is 0. The molecule has 26 heavy (non-hydrogen) atoms. The lowest BCUT2D eigenvalue weighted by Gasteiger charge is -2.28. The monoisotopic (exact) mass is 379 g/mol. The van der Waals surface area contributed by atoms with Crippen LogP contribution in [0.3, 0.4) is 0 Å². The largest absolute Gasteiger partial charge is 0.345 e. The van der Waals surface area contributed by atoms with Crippen LogP contribution in [0, 0.1) is 5.92 Å². The summed E-state index contributed by atoms with van der Waals surface area (Å²) in [7, 11) is 0. The van der Waals surface area contributed by atoms with Crippen molar-refractivity contribution in [3.63, 3.8) is 0 Å². The molecule has 0 aromatic heterocycles. The highest BCUT2D eigenvalue weighted by Gasteiger charge is 2.34. The summed E-state index contributed by atoms with van der Waals surface area (Å²) in [5, 5.41) is 6.11. The topological polar surface area (TPSA) is 84.2 Å². The zero-order chi connectivity index (χ0) is 17.7. The van der Waals surface area contributed by atoms with Crippen LogP contribution in [0.2, 0.25) is 0 Å². The van der Waals surface area contributed by atoms with Crippen molar-refractivity contribution < 1.29 is 9.59 Å². The fourth-order valence-electron chi connectivity index (χ4n) is 4.09. The lowest BCUT2D eigenvalue weighted by molar-refractivity contribution is -0.120. The number of rotatable bonds is 5. The first-order chi connectivity index (χ1) is 12.1. The van der Waals surface area contributed by atoms with E-state index in [2.05, 4.69) is 10.6 Å². The van der Waals surface area contributed by atoms with E-state index < -0.39 is 0 Å². The Morgan fingerprint density at radius 3 is 2.42 bits per heavy atom.